The van der Waals surface area contributed by atoms with Crippen molar-refractivity contribution >= 4 is 34.6 Å². The minimum atomic E-state index is -0.692. The first-order valence-electron chi connectivity index (χ1n) is 19.9. The number of aliphatic hydroxyl groups excluding tert-OH is 1. The number of hydrogen-bond acceptors (Lipinski definition) is 11. The Morgan fingerprint density at radius 1 is 1.09 bits per heavy atom. The molecule has 2 aromatic rings. The molecule has 9 atom stereocenters. The van der Waals surface area contributed by atoms with Crippen LogP contribution in [0.25, 0.3) is 11.2 Å². The molecular formula is C40H60N8O5. The van der Waals surface area contributed by atoms with Crippen LogP contribution in [0.3, 0.4) is 0 Å². The van der Waals surface area contributed by atoms with Crippen LogP contribution in [0.5, 0.6) is 0 Å². The lowest BCUT2D eigenvalue weighted by Crippen LogP contribution is -2.63. The number of piperazine rings is 1. The molecule has 2 bridgehead atoms. The predicted octanol–water partition coefficient (Wildman–Crippen LogP) is 3.31. The number of ether oxygens (including phenoxy) is 1. The van der Waals surface area contributed by atoms with Crippen LogP contribution in [0.15, 0.2) is 25.3 Å². The van der Waals surface area contributed by atoms with Gasteiger partial charge in [-0.3, -0.25) is 19.3 Å². The van der Waals surface area contributed by atoms with Gasteiger partial charge >= 0.3 is 5.97 Å². The van der Waals surface area contributed by atoms with Crippen molar-refractivity contribution in [1.82, 2.24) is 34.6 Å². The van der Waals surface area contributed by atoms with Crippen LogP contribution >= 0.6 is 0 Å². The molecular weight excluding hydrogens is 672 g/mol. The summed E-state index contributed by atoms with van der Waals surface area (Å²) in [5.41, 5.74) is 0.000233. The number of aromatic nitrogens is 4. The molecule has 3 saturated carbocycles. The maximum absolute atomic E-state index is 13.8. The molecule has 7 rings (SSSR count). The number of esters is 1. The molecule has 2 aliphatic heterocycles. The molecule has 5 aliphatic rings. The lowest BCUT2D eigenvalue weighted by molar-refractivity contribution is -0.207. The summed E-state index contributed by atoms with van der Waals surface area (Å²) in [4.78, 5) is 60.8. The fourth-order valence-electron chi connectivity index (χ4n) is 11.2. The van der Waals surface area contributed by atoms with E-state index >= 15 is 0 Å². The lowest BCUT2D eigenvalue weighted by Gasteiger charge is -2.61. The number of imidazole rings is 1. The number of carbonyl (C=O) groups is 3. The largest absolute Gasteiger partial charge is 0.461 e. The summed E-state index contributed by atoms with van der Waals surface area (Å²) in [5.74, 6) is 1.29. The number of anilines is 1. The quantitative estimate of drug-likeness (QED) is 0.274. The van der Waals surface area contributed by atoms with Crippen LogP contribution in [-0.2, 0) is 25.7 Å². The molecule has 5 fully saturated rings. The lowest BCUT2D eigenvalue weighted by atomic mass is 9.44. The van der Waals surface area contributed by atoms with Crippen LogP contribution in [0.4, 0.5) is 5.82 Å². The number of Topliss-reactive ketones (excluding diaryl/α,β-unsaturated/α-hetero) is 1. The van der Waals surface area contributed by atoms with E-state index in [1.807, 2.05) is 29.5 Å². The van der Waals surface area contributed by atoms with Gasteiger partial charge in [0.2, 0.25) is 5.91 Å². The monoisotopic (exact) mass is 732 g/mol. The first kappa shape index (κ1) is 37.9. The third-order valence-corrected chi connectivity index (χ3v) is 14.7. The summed E-state index contributed by atoms with van der Waals surface area (Å²) in [6.45, 7) is 18.3. The van der Waals surface area contributed by atoms with E-state index in [0.717, 1.165) is 62.3 Å². The van der Waals surface area contributed by atoms with Crippen molar-refractivity contribution in [3.05, 3.63) is 25.3 Å². The Kier molecular flexibility index (Phi) is 10.5. The van der Waals surface area contributed by atoms with E-state index in [2.05, 4.69) is 57.4 Å². The summed E-state index contributed by atoms with van der Waals surface area (Å²) in [6.07, 6.45) is 8.95. The molecule has 2 saturated heterocycles. The zero-order chi connectivity index (χ0) is 37.7. The molecule has 4 heterocycles. The normalized spacial score (nSPS) is 36.3. The van der Waals surface area contributed by atoms with E-state index in [-0.39, 0.29) is 47.4 Å². The maximum Gasteiger partial charge on any atom is 0.320 e. The highest BCUT2D eigenvalue weighted by Gasteiger charge is 2.68. The number of ketones is 1. The number of aryl methyl sites for hydroxylation is 1. The molecule has 2 N–H and O–H groups in total. The minimum Gasteiger partial charge on any atom is -0.461 e. The average Bonchev–Trinajstić information content (AvgIpc) is 3.89. The second-order valence-electron chi connectivity index (χ2n) is 17.4. The van der Waals surface area contributed by atoms with Gasteiger partial charge in [0.05, 0.1) is 19.0 Å². The SMILES string of the molecule is C=C[C@]1(C)C[C@@H](OC(=O)CN2CCN(C(=O)CCn3cnc4c(N5CC[C@H](CNC)C5)ncnc43)CC2)[C@]2(C)[C@H](C)CC[C@]3(CCC(=O)[C@@H]32)[C@@H](C)[C@@H]1O. The first-order valence-corrected chi connectivity index (χ1v) is 19.9. The van der Waals surface area contributed by atoms with Gasteiger partial charge in [0.15, 0.2) is 17.0 Å². The van der Waals surface area contributed by atoms with Crippen molar-refractivity contribution in [2.45, 2.75) is 91.4 Å². The number of amides is 1. The topological polar surface area (TPSA) is 146 Å². The number of fused-ring (bicyclic) bond motifs is 1. The smallest absolute Gasteiger partial charge is 0.320 e. The Bertz CT molecular complexity index is 1710. The summed E-state index contributed by atoms with van der Waals surface area (Å²) in [7, 11) is 1.98. The van der Waals surface area contributed by atoms with E-state index < -0.39 is 23.0 Å². The van der Waals surface area contributed by atoms with Crippen molar-refractivity contribution in [3.8, 4) is 0 Å². The van der Waals surface area contributed by atoms with E-state index in [1.54, 1.807) is 12.7 Å². The molecule has 13 heteroatoms. The second kappa shape index (κ2) is 14.7. The number of rotatable bonds is 10. The van der Waals surface area contributed by atoms with Crippen molar-refractivity contribution in [2.24, 2.45) is 39.9 Å². The van der Waals surface area contributed by atoms with Gasteiger partial charge in [-0.25, -0.2) is 15.0 Å². The Balaban J connectivity index is 0.956. The van der Waals surface area contributed by atoms with E-state index in [4.69, 9.17) is 4.74 Å². The van der Waals surface area contributed by atoms with Gasteiger partial charge in [-0.05, 0) is 68.9 Å². The first-order chi connectivity index (χ1) is 25.3. The molecule has 1 amide bonds. The molecule has 13 nitrogen and oxygen atoms in total. The van der Waals surface area contributed by atoms with Gasteiger partial charge in [0.25, 0.3) is 0 Å². The van der Waals surface area contributed by atoms with Crippen molar-refractivity contribution in [1.29, 1.82) is 0 Å². The molecule has 290 valence electrons. The Hall–Kier alpha value is -3.42. The van der Waals surface area contributed by atoms with Crippen LogP contribution in [0.2, 0.25) is 0 Å². The van der Waals surface area contributed by atoms with Crippen LogP contribution in [0, 0.1) is 39.9 Å². The Morgan fingerprint density at radius 3 is 2.60 bits per heavy atom. The molecule has 0 aromatic carbocycles. The van der Waals surface area contributed by atoms with Gasteiger partial charge < -0.3 is 29.5 Å². The maximum atomic E-state index is 13.8. The van der Waals surface area contributed by atoms with Crippen LogP contribution in [0.1, 0.15) is 72.6 Å². The van der Waals surface area contributed by atoms with E-state index in [9.17, 15) is 19.5 Å². The number of carbonyl (C=O) groups excluding carboxylic acids is 3. The highest BCUT2D eigenvalue weighted by Crippen LogP contribution is 2.68. The zero-order valence-corrected chi connectivity index (χ0v) is 32.4. The minimum absolute atomic E-state index is 0.0627. The fourth-order valence-corrected chi connectivity index (χ4v) is 11.2. The third-order valence-electron chi connectivity index (χ3n) is 14.7. The van der Waals surface area contributed by atoms with Crippen LogP contribution < -0.4 is 10.2 Å². The standard InChI is InChI=1S/C40H60N8O5/c1-7-38(4)20-30(39(5)26(2)8-12-40(27(3)35(38)52)13-9-29(49)34(39)40)53-32(51)23-45-16-18-46(19-17-45)31(50)11-15-48-25-44-33-36(42-24-43-37(33)48)47-14-10-28(22-47)21-41-6/h7,24-28,30,34-35,41,52H,1,8-23H2,2-6H3/t26-,27+,28-,30-,34-,35+,38-,39+,40+/m1/s1. The van der Waals surface area contributed by atoms with Gasteiger partial charge in [-0.1, -0.05) is 33.8 Å². The molecule has 53 heavy (non-hydrogen) atoms. The van der Waals surface area contributed by atoms with Gasteiger partial charge in [0.1, 0.15) is 18.2 Å². The Morgan fingerprint density at radius 2 is 1.87 bits per heavy atom. The molecule has 0 unspecified atom stereocenters. The molecule has 0 spiro atoms. The van der Waals surface area contributed by atoms with Crippen LogP contribution in [-0.4, -0.2) is 124 Å². The Labute approximate surface area is 313 Å². The summed E-state index contributed by atoms with van der Waals surface area (Å²) in [5, 5.41) is 15.1. The number of hydrogen-bond donors (Lipinski definition) is 2. The molecule has 2 aromatic heterocycles. The van der Waals surface area contributed by atoms with Gasteiger partial charge in [-0.2, -0.15) is 0 Å². The van der Waals surface area contributed by atoms with Gasteiger partial charge in [0, 0.05) is 75.4 Å². The summed E-state index contributed by atoms with van der Waals surface area (Å²) in [6, 6.07) is 0. The predicted molar refractivity (Wildman–Crippen MR) is 202 cm³/mol. The molecule has 0 radical (unpaired) electrons. The number of nitrogens with one attached hydrogen (secondary N) is 1. The summed E-state index contributed by atoms with van der Waals surface area (Å²) >= 11 is 0. The van der Waals surface area contributed by atoms with Crippen molar-refractivity contribution in [2.75, 3.05) is 64.3 Å². The van der Waals surface area contributed by atoms with Crippen molar-refractivity contribution in [3.63, 3.8) is 0 Å². The average molecular weight is 733 g/mol. The summed E-state index contributed by atoms with van der Waals surface area (Å²) < 4.78 is 8.41. The molecule has 3 aliphatic carbocycles. The third kappa shape index (κ3) is 6.58. The number of aliphatic hydroxyl groups is 1. The zero-order valence-electron chi connectivity index (χ0n) is 32.4. The van der Waals surface area contributed by atoms with E-state index in [1.165, 1.54) is 0 Å². The van der Waals surface area contributed by atoms with Crippen molar-refractivity contribution < 1.29 is 24.2 Å². The number of nitrogens with zero attached hydrogens (tertiary/aromatic N) is 7. The van der Waals surface area contributed by atoms with E-state index in [0.29, 0.717) is 57.9 Å². The highest BCUT2D eigenvalue weighted by molar-refractivity contribution is 5.86. The highest BCUT2D eigenvalue weighted by atomic mass is 16.5. The second-order valence-corrected chi connectivity index (χ2v) is 17.4. The fraction of sp³-hybridized carbons (Fsp3) is 0.750. The van der Waals surface area contributed by atoms with Gasteiger partial charge in [-0.15, -0.1) is 6.58 Å².